The van der Waals surface area contributed by atoms with Crippen LogP contribution in [0.5, 0.6) is 0 Å². The van der Waals surface area contributed by atoms with Gasteiger partial charge in [0.15, 0.2) is 0 Å². The molecule has 1 aromatic heterocycles. The van der Waals surface area contributed by atoms with E-state index in [4.69, 9.17) is 11.6 Å². The first-order valence-corrected chi connectivity index (χ1v) is 4.32. The fourth-order valence-electron chi connectivity index (χ4n) is 1.26. The zero-order chi connectivity index (χ0) is 10.7. The Kier molecular flexibility index (Phi) is 3.08. The van der Waals surface area contributed by atoms with Gasteiger partial charge in [0.2, 0.25) is 5.96 Å². The van der Waals surface area contributed by atoms with Crippen molar-refractivity contribution in [2.45, 2.75) is 20.4 Å². The van der Waals surface area contributed by atoms with E-state index in [0.717, 1.165) is 17.0 Å². The Hall–Kier alpha value is -1.56. The summed E-state index contributed by atoms with van der Waals surface area (Å²) in [5.41, 5.74) is 10.8. The van der Waals surface area contributed by atoms with Crippen LogP contribution in [0.15, 0.2) is 4.99 Å². The number of hydrogen-bond donors (Lipinski definition) is 3. The zero-order valence-electron chi connectivity index (χ0n) is 8.70. The van der Waals surface area contributed by atoms with Crippen LogP contribution in [0.3, 0.4) is 0 Å². The molecule has 0 radical (unpaired) electrons. The molecule has 0 saturated heterocycles. The lowest BCUT2D eigenvalue weighted by Crippen LogP contribution is -2.37. The van der Waals surface area contributed by atoms with E-state index in [1.54, 1.807) is 0 Å². The van der Waals surface area contributed by atoms with Crippen molar-refractivity contribution in [3.63, 3.8) is 0 Å². The zero-order valence-corrected chi connectivity index (χ0v) is 8.70. The van der Waals surface area contributed by atoms with Gasteiger partial charge in [-0.25, -0.2) is 10.8 Å². The lowest BCUT2D eigenvalue weighted by atomic mass is 10.2. The third-order valence-electron chi connectivity index (χ3n) is 2.21. The van der Waals surface area contributed by atoms with Crippen LogP contribution in [0.4, 0.5) is 0 Å². The van der Waals surface area contributed by atoms with Crippen molar-refractivity contribution >= 4 is 5.96 Å². The summed E-state index contributed by atoms with van der Waals surface area (Å²) < 4.78 is 1.83. The monoisotopic (exact) mass is 196 g/mol. The first kappa shape index (κ1) is 10.5. The van der Waals surface area contributed by atoms with E-state index in [9.17, 15) is 0 Å². The van der Waals surface area contributed by atoms with Crippen LogP contribution >= 0.6 is 0 Å². The van der Waals surface area contributed by atoms with Crippen molar-refractivity contribution in [2.24, 2.45) is 23.6 Å². The van der Waals surface area contributed by atoms with Gasteiger partial charge in [0.25, 0.3) is 0 Å². The van der Waals surface area contributed by atoms with Crippen LogP contribution in [-0.2, 0) is 13.6 Å². The number of aryl methyl sites for hydroxylation is 2. The number of rotatable bonds is 2. The van der Waals surface area contributed by atoms with Crippen LogP contribution in [0.25, 0.3) is 0 Å². The summed E-state index contributed by atoms with van der Waals surface area (Å²) in [6.07, 6.45) is 0. The first-order valence-electron chi connectivity index (χ1n) is 4.32. The molecule has 0 aliphatic heterocycles. The molecule has 6 heteroatoms. The predicted molar refractivity (Wildman–Crippen MR) is 55.3 cm³/mol. The molecule has 0 atom stereocenters. The van der Waals surface area contributed by atoms with E-state index in [1.165, 1.54) is 0 Å². The molecule has 0 amide bonds. The summed E-state index contributed by atoms with van der Waals surface area (Å²) >= 11 is 0. The van der Waals surface area contributed by atoms with Crippen LogP contribution in [-0.4, -0.2) is 15.7 Å². The Morgan fingerprint density at radius 2 is 2.21 bits per heavy atom. The van der Waals surface area contributed by atoms with Gasteiger partial charge >= 0.3 is 0 Å². The summed E-state index contributed by atoms with van der Waals surface area (Å²) in [6, 6.07) is 0. The molecule has 14 heavy (non-hydrogen) atoms. The molecule has 0 aliphatic carbocycles. The average molecular weight is 196 g/mol. The summed E-state index contributed by atoms with van der Waals surface area (Å²) in [5.74, 6) is 5.32. The number of aliphatic imine (C=N–C) groups is 1. The highest BCUT2D eigenvalue weighted by atomic mass is 15.3. The van der Waals surface area contributed by atoms with Gasteiger partial charge < -0.3 is 5.73 Å². The van der Waals surface area contributed by atoms with Crippen molar-refractivity contribution in [3.05, 3.63) is 17.0 Å². The Balaban J connectivity index is 2.86. The Morgan fingerprint density at radius 1 is 1.57 bits per heavy atom. The van der Waals surface area contributed by atoms with Crippen LogP contribution in [0.2, 0.25) is 0 Å². The minimum absolute atomic E-state index is 0.229. The third kappa shape index (κ3) is 2.02. The highest BCUT2D eigenvalue weighted by molar-refractivity contribution is 5.77. The molecule has 78 valence electrons. The number of aromatic nitrogens is 2. The Labute approximate surface area is 83.0 Å². The minimum Gasteiger partial charge on any atom is -0.369 e. The smallest absolute Gasteiger partial charge is 0.203 e. The molecule has 6 nitrogen and oxygen atoms in total. The van der Waals surface area contributed by atoms with Gasteiger partial charge in [-0.15, -0.1) is 0 Å². The SMILES string of the molecule is Cc1nn(C)c(C)c1CN=C(N)NN. The van der Waals surface area contributed by atoms with Crippen LogP contribution < -0.4 is 17.0 Å². The van der Waals surface area contributed by atoms with Gasteiger partial charge in [-0.2, -0.15) is 5.10 Å². The largest absolute Gasteiger partial charge is 0.369 e. The normalized spacial score (nSPS) is 11.9. The summed E-state index contributed by atoms with van der Waals surface area (Å²) in [5, 5.41) is 4.27. The number of guanidine groups is 1. The fraction of sp³-hybridized carbons (Fsp3) is 0.500. The van der Waals surface area contributed by atoms with E-state index in [1.807, 2.05) is 25.6 Å². The van der Waals surface area contributed by atoms with Gasteiger partial charge in [-0.1, -0.05) is 0 Å². The standard InChI is InChI=1S/C8H16N6/c1-5-7(4-11-8(9)12-10)6(2)14(3)13-5/h4,10H2,1-3H3,(H3,9,11,12). The summed E-state index contributed by atoms with van der Waals surface area (Å²) in [4.78, 5) is 4.05. The Morgan fingerprint density at radius 3 is 2.64 bits per heavy atom. The van der Waals surface area contributed by atoms with E-state index in [-0.39, 0.29) is 5.96 Å². The topological polar surface area (TPSA) is 94.2 Å². The maximum Gasteiger partial charge on any atom is 0.203 e. The molecule has 1 heterocycles. The molecule has 0 saturated carbocycles. The van der Waals surface area contributed by atoms with Gasteiger partial charge in [-0.3, -0.25) is 10.1 Å². The summed E-state index contributed by atoms with van der Waals surface area (Å²) in [7, 11) is 1.90. The second-order valence-corrected chi connectivity index (χ2v) is 3.12. The van der Waals surface area contributed by atoms with Crippen molar-refractivity contribution < 1.29 is 0 Å². The second-order valence-electron chi connectivity index (χ2n) is 3.12. The van der Waals surface area contributed by atoms with Crippen LogP contribution in [0.1, 0.15) is 17.0 Å². The minimum atomic E-state index is 0.229. The van der Waals surface area contributed by atoms with Crippen molar-refractivity contribution in [1.82, 2.24) is 15.2 Å². The molecule has 0 fully saturated rings. The molecule has 0 aromatic carbocycles. The number of nitrogens with zero attached hydrogens (tertiary/aromatic N) is 3. The first-order chi connectivity index (χ1) is 6.56. The van der Waals surface area contributed by atoms with E-state index in [2.05, 4.69) is 15.5 Å². The highest BCUT2D eigenvalue weighted by Crippen LogP contribution is 2.12. The lowest BCUT2D eigenvalue weighted by molar-refractivity contribution is 0.730. The van der Waals surface area contributed by atoms with E-state index < -0.39 is 0 Å². The maximum absolute atomic E-state index is 5.41. The molecule has 0 aliphatic rings. The van der Waals surface area contributed by atoms with E-state index >= 15 is 0 Å². The van der Waals surface area contributed by atoms with Crippen molar-refractivity contribution in [1.29, 1.82) is 0 Å². The van der Waals surface area contributed by atoms with Gasteiger partial charge in [0.05, 0.1) is 12.2 Å². The van der Waals surface area contributed by atoms with Gasteiger partial charge in [0.1, 0.15) is 0 Å². The molecule has 1 rings (SSSR count). The third-order valence-corrected chi connectivity index (χ3v) is 2.21. The predicted octanol–water partition coefficient (Wildman–Crippen LogP) is -0.685. The molecular formula is C8H16N6. The van der Waals surface area contributed by atoms with Crippen molar-refractivity contribution in [3.8, 4) is 0 Å². The lowest BCUT2D eigenvalue weighted by Gasteiger charge is -1.99. The summed E-state index contributed by atoms with van der Waals surface area (Å²) in [6.45, 7) is 4.45. The van der Waals surface area contributed by atoms with Crippen molar-refractivity contribution in [2.75, 3.05) is 0 Å². The Bertz CT molecular complexity index is 351. The van der Waals surface area contributed by atoms with Crippen LogP contribution in [0, 0.1) is 13.8 Å². The van der Waals surface area contributed by atoms with E-state index in [0.29, 0.717) is 6.54 Å². The maximum atomic E-state index is 5.41. The molecule has 0 spiro atoms. The number of nitrogens with one attached hydrogen (secondary N) is 1. The average Bonchev–Trinajstić information content (AvgIpc) is 2.39. The molecule has 0 bridgehead atoms. The number of hydrogen-bond acceptors (Lipinski definition) is 3. The highest BCUT2D eigenvalue weighted by Gasteiger charge is 2.07. The molecular weight excluding hydrogens is 180 g/mol. The number of nitrogens with two attached hydrogens (primary N) is 2. The second kappa shape index (κ2) is 4.10. The number of hydrazine groups is 1. The molecule has 0 unspecified atom stereocenters. The molecule has 5 N–H and O–H groups in total. The molecule has 1 aromatic rings. The van der Waals surface area contributed by atoms with Gasteiger partial charge in [-0.05, 0) is 13.8 Å². The van der Waals surface area contributed by atoms with Gasteiger partial charge in [0, 0.05) is 18.3 Å². The quantitative estimate of drug-likeness (QED) is 0.253. The fourth-order valence-corrected chi connectivity index (χ4v) is 1.26.